The van der Waals surface area contributed by atoms with Crippen LogP contribution in [-0.2, 0) is 0 Å². The van der Waals surface area contributed by atoms with Crippen LogP contribution in [0.15, 0.2) is 102 Å². The summed E-state index contributed by atoms with van der Waals surface area (Å²) in [7, 11) is 0. The highest BCUT2D eigenvalue weighted by Crippen LogP contribution is 2.28. The Bertz CT molecular complexity index is 1330. The molecule has 0 saturated heterocycles. The lowest BCUT2D eigenvalue weighted by Crippen LogP contribution is -2.13. The van der Waals surface area contributed by atoms with Gasteiger partial charge in [-0.25, -0.2) is 9.18 Å². The number of benzene rings is 4. The Balaban J connectivity index is 1.53. The zero-order valence-corrected chi connectivity index (χ0v) is 17.4. The number of anilines is 1. The van der Waals surface area contributed by atoms with Crippen molar-refractivity contribution in [3.8, 4) is 11.1 Å². The van der Waals surface area contributed by atoms with Crippen LogP contribution in [-0.4, -0.2) is 23.2 Å². The van der Waals surface area contributed by atoms with E-state index >= 15 is 0 Å². The Kier molecular flexibility index (Phi) is 6.36. The molecular weight excluding hydrogens is 419 g/mol. The van der Waals surface area contributed by atoms with Crippen molar-refractivity contribution in [2.24, 2.45) is 4.99 Å². The monoisotopic (exact) mass is 438 g/mol. The lowest BCUT2D eigenvalue weighted by atomic mass is 9.95. The van der Waals surface area contributed by atoms with Gasteiger partial charge >= 0.3 is 5.97 Å². The molecule has 162 valence electrons. The second-order valence-electron chi connectivity index (χ2n) is 7.21. The Morgan fingerprint density at radius 3 is 1.97 bits per heavy atom. The number of aliphatic imine (C=N–C) groups is 1. The number of carboxylic acid groups (broad SMARTS) is 1. The van der Waals surface area contributed by atoms with Gasteiger partial charge < -0.3 is 10.4 Å². The van der Waals surface area contributed by atoms with Crippen LogP contribution in [0.3, 0.4) is 0 Å². The lowest BCUT2D eigenvalue weighted by molar-refractivity contribution is 0.0697. The van der Waals surface area contributed by atoms with Crippen molar-refractivity contribution in [1.82, 2.24) is 0 Å². The van der Waals surface area contributed by atoms with Crippen LogP contribution in [0.5, 0.6) is 0 Å². The molecule has 33 heavy (non-hydrogen) atoms. The Labute approximate surface area is 189 Å². The number of amides is 1. The van der Waals surface area contributed by atoms with E-state index in [0.717, 1.165) is 5.56 Å². The van der Waals surface area contributed by atoms with Crippen LogP contribution in [0.1, 0.15) is 26.3 Å². The third kappa shape index (κ3) is 5.19. The predicted octanol–water partition coefficient (Wildman–Crippen LogP) is 6.19. The molecule has 6 heteroatoms. The Morgan fingerprint density at radius 1 is 0.758 bits per heavy atom. The number of aromatic carboxylic acids is 1. The molecule has 0 spiro atoms. The molecule has 0 unspecified atom stereocenters. The number of halogens is 1. The molecule has 0 aromatic heterocycles. The summed E-state index contributed by atoms with van der Waals surface area (Å²) in [5, 5.41) is 12.4. The highest BCUT2D eigenvalue weighted by Gasteiger charge is 2.17. The van der Waals surface area contributed by atoms with E-state index in [1.165, 1.54) is 18.2 Å². The second kappa shape index (κ2) is 9.70. The summed E-state index contributed by atoms with van der Waals surface area (Å²) in [6.45, 7) is 0. The number of rotatable bonds is 6. The van der Waals surface area contributed by atoms with Gasteiger partial charge in [0.05, 0.1) is 11.3 Å². The van der Waals surface area contributed by atoms with Crippen molar-refractivity contribution in [3.05, 3.63) is 120 Å². The third-order valence-corrected chi connectivity index (χ3v) is 4.98. The van der Waals surface area contributed by atoms with Crippen molar-refractivity contribution in [2.45, 2.75) is 0 Å². The highest BCUT2D eigenvalue weighted by molar-refractivity contribution is 6.10. The number of nitrogens with zero attached hydrogens (tertiary/aromatic N) is 1. The van der Waals surface area contributed by atoms with Gasteiger partial charge in [0.25, 0.3) is 5.91 Å². The summed E-state index contributed by atoms with van der Waals surface area (Å²) in [4.78, 5) is 29.0. The molecule has 4 aromatic rings. The second-order valence-corrected chi connectivity index (χ2v) is 7.21. The molecular formula is C27H19FN2O3. The molecule has 0 aliphatic carbocycles. The largest absolute Gasteiger partial charge is 0.478 e. The Morgan fingerprint density at radius 2 is 1.33 bits per heavy atom. The zero-order chi connectivity index (χ0) is 23.2. The fraction of sp³-hybridized carbons (Fsp3) is 0. The van der Waals surface area contributed by atoms with Crippen LogP contribution in [0.25, 0.3) is 11.1 Å². The van der Waals surface area contributed by atoms with E-state index in [-0.39, 0.29) is 17.3 Å². The van der Waals surface area contributed by atoms with Crippen molar-refractivity contribution < 1.29 is 19.1 Å². The van der Waals surface area contributed by atoms with Crippen molar-refractivity contribution in [2.75, 3.05) is 5.32 Å². The predicted molar refractivity (Wildman–Crippen MR) is 127 cm³/mol. The van der Waals surface area contributed by atoms with Crippen molar-refractivity contribution >= 4 is 29.5 Å². The van der Waals surface area contributed by atoms with Gasteiger partial charge in [-0.1, -0.05) is 48.5 Å². The molecule has 0 aliphatic rings. The third-order valence-electron chi connectivity index (χ3n) is 4.98. The molecule has 1 amide bonds. The standard InChI is InChI=1S/C27H19FN2O3/c28-19-11-9-18(10-12-19)17-29-20-13-15-21(16-14-20)30-26(31)24-7-3-1-5-22(24)23-6-2-4-8-25(23)27(32)33/h1-17H,(H,30,31)(H,32,33). The van der Waals surface area contributed by atoms with E-state index < -0.39 is 5.97 Å². The molecule has 4 rings (SSSR count). The van der Waals surface area contributed by atoms with E-state index in [1.54, 1.807) is 85.1 Å². The van der Waals surface area contributed by atoms with E-state index in [4.69, 9.17) is 0 Å². The topological polar surface area (TPSA) is 78.8 Å². The van der Waals surface area contributed by atoms with Crippen molar-refractivity contribution in [3.63, 3.8) is 0 Å². The fourth-order valence-electron chi connectivity index (χ4n) is 3.35. The van der Waals surface area contributed by atoms with E-state index in [2.05, 4.69) is 10.3 Å². The molecule has 2 N–H and O–H groups in total. The minimum Gasteiger partial charge on any atom is -0.478 e. The first-order valence-electron chi connectivity index (χ1n) is 10.1. The maximum Gasteiger partial charge on any atom is 0.336 e. The van der Waals surface area contributed by atoms with Gasteiger partial charge in [0.15, 0.2) is 0 Å². The molecule has 0 atom stereocenters. The Hall–Kier alpha value is -4.58. The van der Waals surface area contributed by atoms with Gasteiger partial charge in [-0.2, -0.15) is 0 Å². The van der Waals surface area contributed by atoms with E-state index in [9.17, 15) is 19.1 Å². The van der Waals surface area contributed by atoms with Gasteiger partial charge in [0.1, 0.15) is 5.82 Å². The SMILES string of the molecule is O=C(O)c1ccccc1-c1ccccc1C(=O)Nc1ccc(N=Cc2ccc(F)cc2)cc1. The first-order chi connectivity index (χ1) is 16.0. The first kappa shape index (κ1) is 21.6. The summed E-state index contributed by atoms with van der Waals surface area (Å²) < 4.78 is 13.0. The molecule has 0 aliphatic heterocycles. The summed E-state index contributed by atoms with van der Waals surface area (Å²) in [6, 6.07) is 26.4. The number of carboxylic acids is 1. The van der Waals surface area contributed by atoms with Gasteiger partial charge in [-0.3, -0.25) is 9.79 Å². The zero-order valence-electron chi connectivity index (χ0n) is 17.4. The van der Waals surface area contributed by atoms with Gasteiger partial charge in [-0.05, 0) is 65.2 Å². The average molecular weight is 438 g/mol. The smallest absolute Gasteiger partial charge is 0.336 e. The number of carbonyl (C=O) groups excluding carboxylic acids is 1. The molecule has 0 fully saturated rings. The normalized spacial score (nSPS) is 10.8. The summed E-state index contributed by atoms with van der Waals surface area (Å²) >= 11 is 0. The number of hydrogen-bond acceptors (Lipinski definition) is 3. The van der Waals surface area contributed by atoms with Gasteiger partial charge in [0, 0.05) is 17.5 Å². The van der Waals surface area contributed by atoms with Crippen LogP contribution in [0.4, 0.5) is 15.8 Å². The maximum atomic E-state index is 13.0. The van der Waals surface area contributed by atoms with Crippen LogP contribution >= 0.6 is 0 Å². The maximum absolute atomic E-state index is 13.0. The number of hydrogen-bond donors (Lipinski definition) is 2. The molecule has 4 aromatic carbocycles. The fourth-order valence-corrected chi connectivity index (χ4v) is 3.35. The van der Waals surface area contributed by atoms with Crippen LogP contribution in [0.2, 0.25) is 0 Å². The molecule has 5 nitrogen and oxygen atoms in total. The van der Waals surface area contributed by atoms with Crippen molar-refractivity contribution in [1.29, 1.82) is 0 Å². The minimum absolute atomic E-state index is 0.126. The summed E-state index contributed by atoms with van der Waals surface area (Å²) in [6.07, 6.45) is 1.63. The van der Waals surface area contributed by atoms with Crippen LogP contribution < -0.4 is 5.32 Å². The quantitative estimate of drug-likeness (QED) is 0.352. The molecule has 0 heterocycles. The molecule has 0 radical (unpaired) electrons. The molecule has 0 saturated carbocycles. The molecule has 0 bridgehead atoms. The number of nitrogens with one attached hydrogen (secondary N) is 1. The highest BCUT2D eigenvalue weighted by atomic mass is 19.1. The number of carbonyl (C=O) groups is 2. The van der Waals surface area contributed by atoms with Gasteiger partial charge in [-0.15, -0.1) is 0 Å². The van der Waals surface area contributed by atoms with Crippen LogP contribution in [0, 0.1) is 5.82 Å². The first-order valence-corrected chi connectivity index (χ1v) is 10.1. The van der Waals surface area contributed by atoms with Gasteiger partial charge in [0.2, 0.25) is 0 Å². The lowest BCUT2D eigenvalue weighted by Gasteiger charge is -2.12. The van der Waals surface area contributed by atoms with E-state index in [0.29, 0.717) is 28.1 Å². The average Bonchev–Trinajstić information content (AvgIpc) is 2.84. The summed E-state index contributed by atoms with van der Waals surface area (Å²) in [5.41, 5.74) is 3.52. The minimum atomic E-state index is -1.06. The van der Waals surface area contributed by atoms with E-state index in [1.807, 2.05) is 0 Å². The summed E-state index contributed by atoms with van der Waals surface area (Å²) in [5.74, 6) is -1.72.